The number of hydrogen-bond acceptors (Lipinski definition) is 5. The standard InChI is InChI=1S/C33H36F5N5O4/c1-31(2)21-13-43(29(46)26(42-30(47)33(36,37)38)32-9-14-3-15(10-32)5-16(4-14)11-32)25(23(21)31)28(45)40-18(12-39)8-20-19-6-17(34)7-22(35)24(19)41-27(20)44/h6-7,14-16,18,20-21,23,25-26H,3-5,8-11,13H2,1-2H3,(H,40,45)(H,41,44)(H,42,47). The molecule has 0 spiro atoms. The van der Waals surface area contributed by atoms with Gasteiger partial charge in [-0.15, -0.1) is 0 Å². The van der Waals surface area contributed by atoms with E-state index >= 15 is 0 Å². The topological polar surface area (TPSA) is 131 Å². The Bertz CT molecular complexity index is 1570. The van der Waals surface area contributed by atoms with E-state index in [2.05, 4.69) is 16.0 Å². The van der Waals surface area contributed by atoms with Gasteiger partial charge in [-0.2, -0.15) is 18.4 Å². The molecular formula is C33H36F5N5O4. The molecule has 8 rings (SSSR count). The van der Waals surface area contributed by atoms with Crippen LogP contribution in [0.2, 0.25) is 0 Å². The van der Waals surface area contributed by atoms with Crippen LogP contribution in [0.5, 0.6) is 0 Å². The van der Waals surface area contributed by atoms with Crippen LogP contribution in [0.1, 0.15) is 70.3 Å². The van der Waals surface area contributed by atoms with Gasteiger partial charge in [-0.3, -0.25) is 19.2 Å². The molecule has 4 amide bonds. The number of benzene rings is 1. The quantitative estimate of drug-likeness (QED) is 0.378. The lowest BCUT2D eigenvalue weighted by molar-refractivity contribution is -0.179. The number of fused-ring (bicyclic) bond motifs is 2. The summed E-state index contributed by atoms with van der Waals surface area (Å²) in [6.45, 7) is 3.96. The highest BCUT2D eigenvalue weighted by Gasteiger charge is 2.70. The fourth-order valence-electron chi connectivity index (χ4n) is 10.4. The molecule has 4 bridgehead atoms. The summed E-state index contributed by atoms with van der Waals surface area (Å²) in [6.07, 6.45) is -1.06. The van der Waals surface area contributed by atoms with E-state index in [1.165, 1.54) is 4.90 Å². The van der Waals surface area contributed by atoms with Crippen LogP contribution < -0.4 is 16.0 Å². The Hall–Kier alpha value is -3.76. The highest BCUT2D eigenvalue weighted by Crippen LogP contribution is 2.66. The van der Waals surface area contributed by atoms with Crippen molar-refractivity contribution in [1.29, 1.82) is 5.26 Å². The summed E-state index contributed by atoms with van der Waals surface area (Å²) in [7, 11) is 0. The average molecular weight is 662 g/mol. The zero-order valence-electron chi connectivity index (χ0n) is 25.9. The molecule has 1 saturated heterocycles. The number of halogens is 5. The van der Waals surface area contributed by atoms with Gasteiger partial charge in [0.2, 0.25) is 17.7 Å². The first-order valence-electron chi connectivity index (χ1n) is 16.2. The van der Waals surface area contributed by atoms with E-state index in [1.807, 2.05) is 19.9 Å². The van der Waals surface area contributed by atoms with Crippen molar-refractivity contribution in [3.05, 3.63) is 29.3 Å². The van der Waals surface area contributed by atoms with Gasteiger partial charge in [0.05, 0.1) is 17.7 Å². The molecule has 9 nitrogen and oxygen atoms in total. The molecule has 0 radical (unpaired) electrons. The molecule has 3 N–H and O–H groups in total. The molecule has 5 aliphatic carbocycles. The first-order chi connectivity index (χ1) is 22.0. The summed E-state index contributed by atoms with van der Waals surface area (Å²) in [5.74, 6) is -6.99. The Balaban J connectivity index is 1.15. The molecule has 5 saturated carbocycles. The third kappa shape index (κ3) is 5.15. The second kappa shape index (κ2) is 10.6. The van der Waals surface area contributed by atoms with E-state index in [0.29, 0.717) is 25.3 Å². The van der Waals surface area contributed by atoms with Crippen molar-refractivity contribution in [2.45, 2.75) is 89.0 Å². The van der Waals surface area contributed by atoms with E-state index in [1.54, 1.807) is 0 Å². The SMILES string of the molecule is CC1(C)C2CN(C(=O)C(NC(=O)C(F)(F)F)C34CC5CC(CC(C5)C3)C4)C(C(=O)NC(C#N)CC3C(=O)Nc4c(F)cc(F)cc43)C21. The van der Waals surface area contributed by atoms with Gasteiger partial charge >= 0.3 is 12.1 Å². The number of nitrogens with zero attached hydrogens (tertiary/aromatic N) is 2. The van der Waals surface area contributed by atoms with Gasteiger partial charge in [-0.1, -0.05) is 13.8 Å². The molecule has 14 heteroatoms. The van der Waals surface area contributed by atoms with Crippen LogP contribution in [-0.2, 0) is 19.2 Å². The summed E-state index contributed by atoms with van der Waals surface area (Å²) < 4.78 is 69.1. The van der Waals surface area contributed by atoms with Gasteiger partial charge in [-0.25, -0.2) is 8.78 Å². The number of likely N-dealkylation sites (tertiary alicyclic amines) is 1. The first-order valence-corrected chi connectivity index (χ1v) is 16.2. The van der Waals surface area contributed by atoms with Gasteiger partial charge in [0.1, 0.15) is 29.8 Å². The number of nitriles is 1. The predicted molar refractivity (Wildman–Crippen MR) is 155 cm³/mol. The Morgan fingerprint density at radius 2 is 1.68 bits per heavy atom. The minimum atomic E-state index is -5.20. The number of carbonyl (C=O) groups excluding carboxylic acids is 4. The van der Waals surface area contributed by atoms with Crippen molar-refractivity contribution in [3.8, 4) is 6.07 Å². The fourth-order valence-corrected chi connectivity index (χ4v) is 10.4. The molecule has 1 aromatic rings. The summed E-state index contributed by atoms with van der Waals surface area (Å²) in [5.41, 5.74) is -1.40. The van der Waals surface area contributed by atoms with Crippen molar-refractivity contribution in [2.24, 2.45) is 40.4 Å². The molecule has 1 aromatic carbocycles. The Morgan fingerprint density at radius 1 is 1.06 bits per heavy atom. The highest BCUT2D eigenvalue weighted by molar-refractivity contribution is 6.03. The average Bonchev–Trinajstić information content (AvgIpc) is 3.26. The molecule has 252 valence electrons. The van der Waals surface area contributed by atoms with E-state index in [9.17, 15) is 46.4 Å². The van der Waals surface area contributed by atoms with E-state index in [4.69, 9.17) is 0 Å². The van der Waals surface area contributed by atoms with Crippen molar-refractivity contribution in [1.82, 2.24) is 15.5 Å². The maximum Gasteiger partial charge on any atom is 0.471 e. The normalized spacial score (nSPS) is 35.3. The third-order valence-corrected chi connectivity index (χ3v) is 12.2. The number of hydrogen-bond donors (Lipinski definition) is 3. The minimum absolute atomic E-state index is 0.0156. The molecule has 2 aliphatic heterocycles. The van der Waals surface area contributed by atoms with Crippen molar-refractivity contribution >= 4 is 29.3 Å². The fraction of sp³-hybridized carbons (Fsp3) is 0.667. The maximum absolute atomic E-state index is 14.5. The Morgan fingerprint density at radius 3 is 2.26 bits per heavy atom. The van der Waals surface area contributed by atoms with Crippen molar-refractivity contribution < 1.29 is 41.1 Å². The second-order valence-electron chi connectivity index (χ2n) is 15.4. The largest absolute Gasteiger partial charge is 0.471 e. The van der Waals surface area contributed by atoms with Crippen LogP contribution in [0, 0.1) is 63.4 Å². The van der Waals surface area contributed by atoms with Crippen molar-refractivity contribution in [3.63, 3.8) is 0 Å². The van der Waals surface area contributed by atoms with E-state index in [-0.39, 0.29) is 59.2 Å². The first kappa shape index (κ1) is 31.8. The monoisotopic (exact) mass is 661 g/mol. The number of nitrogens with one attached hydrogen (secondary N) is 3. The zero-order valence-corrected chi connectivity index (χ0v) is 25.9. The lowest BCUT2D eigenvalue weighted by Crippen LogP contribution is -2.65. The number of alkyl halides is 3. The lowest BCUT2D eigenvalue weighted by Gasteiger charge is -2.59. The zero-order chi connectivity index (χ0) is 33.8. The number of amides is 4. The van der Waals surface area contributed by atoms with Crippen LogP contribution in [0.25, 0.3) is 0 Å². The third-order valence-electron chi connectivity index (χ3n) is 12.2. The maximum atomic E-state index is 14.5. The smallest absolute Gasteiger partial charge is 0.339 e. The number of anilines is 1. The van der Waals surface area contributed by atoms with Gasteiger partial charge in [0.15, 0.2) is 0 Å². The number of piperidine rings is 1. The molecule has 0 aromatic heterocycles. The van der Waals surface area contributed by atoms with E-state index in [0.717, 1.165) is 25.3 Å². The summed E-state index contributed by atoms with van der Waals surface area (Å²) in [4.78, 5) is 54.8. The number of carbonyl (C=O) groups is 4. The van der Waals surface area contributed by atoms with Gasteiger partial charge in [0.25, 0.3) is 0 Å². The van der Waals surface area contributed by atoms with Crippen LogP contribution in [0.3, 0.4) is 0 Å². The van der Waals surface area contributed by atoms with Gasteiger partial charge < -0.3 is 20.9 Å². The molecule has 6 fully saturated rings. The molecule has 7 aliphatic rings. The van der Waals surface area contributed by atoms with Crippen LogP contribution in [0.4, 0.5) is 27.6 Å². The van der Waals surface area contributed by atoms with Gasteiger partial charge in [0, 0.05) is 18.0 Å². The summed E-state index contributed by atoms with van der Waals surface area (Å²) >= 11 is 0. The Labute approximate surface area is 268 Å². The number of rotatable bonds is 7. The molecule has 6 unspecified atom stereocenters. The van der Waals surface area contributed by atoms with Crippen LogP contribution in [-0.4, -0.2) is 59.4 Å². The molecular weight excluding hydrogens is 625 g/mol. The minimum Gasteiger partial charge on any atom is -0.339 e. The molecule has 6 atom stereocenters. The Kier molecular flexibility index (Phi) is 7.19. The van der Waals surface area contributed by atoms with Crippen molar-refractivity contribution in [2.75, 3.05) is 11.9 Å². The van der Waals surface area contributed by atoms with Crippen LogP contribution in [0.15, 0.2) is 12.1 Å². The highest BCUT2D eigenvalue weighted by atomic mass is 19.4. The van der Waals surface area contributed by atoms with E-state index < -0.39 is 70.9 Å². The van der Waals surface area contributed by atoms with Gasteiger partial charge in [-0.05, 0) is 91.6 Å². The summed E-state index contributed by atoms with van der Waals surface area (Å²) in [5, 5.41) is 17.0. The predicted octanol–water partition coefficient (Wildman–Crippen LogP) is 4.15. The molecule has 47 heavy (non-hydrogen) atoms. The lowest BCUT2D eigenvalue weighted by atomic mass is 9.47. The van der Waals surface area contributed by atoms with Crippen LogP contribution >= 0.6 is 0 Å². The molecule has 2 heterocycles. The second-order valence-corrected chi connectivity index (χ2v) is 15.4. The summed E-state index contributed by atoms with van der Waals surface area (Å²) in [6, 6.07) is -0.342.